The number of rotatable bonds is 3. The van der Waals surface area contributed by atoms with Crippen LogP contribution in [0.1, 0.15) is 17.9 Å². The Labute approximate surface area is 137 Å². The average Bonchev–Trinajstić information content (AvgIpc) is 3.05. The molecule has 22 heavy (non-hydrogen) atoms. The third kappa shape index (κ3) is 3.72. The molecule has 2 aliphatic heterocycles. The number of ether oxygens (including phenoxy) is 2. The highest BCUT2D eigenvalue weighted by molar-refractivity contribution is 5.85. The topological polar surface area (TPSA) is 50.8 Å². The maximum atomic E-state index is 12.4. The van der Waals surface area contributed by atoms with Gasteiger partial charge in [-0.15, -0.1) is 12.4 Å². The predicted octanol–water partition coefficient (Wildman–Crippen LogP) is 1.42. The number of methoxy groups -OCH3 is 1. The molecule has 0 bridgehead atoms. The van der Waals surface area contributed by atoms with Crippen molar-refractivity contribution < 1.29 is 14.3 Å². The molecule has 3 rings (SSSR count). The third-order valence-corrected chi connectivity index (χ3v) is 4.29. The maximum Gasteiger partial charge on any atom is 0.253 e. The summed E-state index contributed by atoms with van der Waals surface area (Å²) in [5.41, 5.74) is 1.27. The van der Waals surface area contributed by atoms with Crippen LogP contribution in [0.25, 0.3) is 0 Å². The van der Waals surface area contributed by atoms with Gasteiger partial charge in [0, 0.05) is 32.1 Å². The Balaban J connectivity index is 0.00000176. The van der Waals surface area contributed by atoms with E-state index >= 15 is 0 Å². The molecule has 6 heteroatoms. The highest BCUT2D eigenvalue weighted by Crippen LogP contribution is 2.29. The highest BCUT2D eigenvalue weighted by Gasteiger charge is 2.32. The summed E-state index contributed by atoms with van der Waals surface area (Å²) in [6, 6.07) is 8.15. The fraction of sp³-hybridized carbons (Fsp3) is 0.562. The van der Waals surface area contributed by atoms with Gasteiger partial charge in [-0.25, -0.2) is 0 Å². The Morgan fingerprint density at radius 2 is 2.14 bits per heavy atom. The number of likely N-dealkylation sites (tertiary alicyclic amines) is 1. The zero-order chi connectivity index (χ0) is 14.7. The Morgan fingerprint density at radius 3 is 2.77 bits per heavy atom. The summed E-state index contributed by atoms with van der Waals surface area (Å²) >= 11 is 0. The Hall–Kier alpha value is -1.30. The summed E-state index contributed by atoms with van der Waals surface area (Å²) in [7, 11) is 1.67. The first kappa shape index (κ1) is 17.1. The summed E-state index contributed by atoms with van der Waals surface area (Å²) in [4.78, 5) is 14.4. The first-order valence-corrected chi connectivity index (χ1v) is 7.53. The van der Waals surface area contributed by atoms with Crippen molar-refractivity contribution in [3.8, 4) is 5.75 Å². The third-order valence-electron chi connectivity index (χ3n) is 4.29. The lowest BCUT2D eigenvalue weighted by molar-refractivity contribution is -0.144. The average molecular weight is 327 g/mol. The van der Waals surface area contributed by atoms with Gasteiger partial charge in [0.05, 0.1) is 13.7 Å². The van der Waals surface area contributed by atoms with Crippen molar-refractivity contribution in [3.63, 3.8) is 0 Å². The SMILES string of the molecule is COc1ccc(C2CCN(C(=O)C3CNCCO3)C2)cc1.Cl. The van der Waals surface area contributed by atoms with E-state index in [9.17, 15) is 4.79 Å². The van der Waals surface area contributed by atoms with Crippen LogP contribution in [0.4, 0.5) is 0 Å². The molecule has 0 spiro atoms. The molecule has 0 radical (unpaired) electrons. The van der Waals surface area contributed by atoms with Crippen molar-refractivity contribution >= 4 is 18.3 Å². The number of nitrogens with one attached hydrogen (secondary N) is 1. The molecule has 1 aromatic carbocycles. The van der Waals surface area contributed by atoms with Crippen LogP contribution in [-0.4, -0.2) is 56.8 Å². The molecule has 2 saturated heterocycles. The van der Waals surface area contributed by atoms with E-state index < -0.39 is 0 Å². The number of carbonyl (C=O) groups excluding carboxylic acids is 1. The van der Waals surface area contributed by atoms with Crippen LogP contribution in [0.2, 0.25) is 0 Å². The number of morpholine rings is 1. The molecular weight excluding hydrogens is 304 g/mol. The van der Waals surface area contributed by atoms with E-state index in [1.165, 1.54) is 5.56 Å². The fourth-order valence-electron chi connectivity index (χ4n) is 3.04. The standard InChI is InChI=1S/C16H22N2O3.ClH/c1-20-14-4-2-12(3-5-14)13-6-8-18(11-13)16(19)15-10-17-7-9-21-15;/h2-5,13,15,17H,6-11H2,1H3;1H. The van der Waals surface area contributed by atoms with Crippen LogP contribution < -0.4 is 10.1 Å². The largest absolute Gasteiger partial charge is 0.497 e. The minimum Gasteiger partial charge on any atom is -0.497 e. The van der Waals surface area contributed by atoms with Gasteiger partial charge in [-0.1, -0.05) is 12.1 Å². The van der Waals surface area contributed by atoms with Gasteiger partial charge in [-0.3, -0.25) is 4.79 Å². The van der Waals surface area contributed by atoms with Crippen LogP contribution in [-0.2, 0) is 9.53 Å². The Morgan fingerprint density at radius 1 is 1.36 bits per heavy atom. The molecular formula is C16H23ClN2O3. The summed E-state index contributed by atoms with van der Waals surface area (Å²) < 4.78 is 10.7. The minimum absolute atomic E-state index is 0. The van der Waals surface area contributed by atoms with Crippen LogP contribution in [0.15, 0.2) is 24.3 Å². The van der Waals surface area contributed by atoms with E-state index in [0.717, 1.165) is 31.8 Å². The van der Waals surface area contributed by atoms with Gasteiger partial charge in [0.1, 0.15) is 11.9 Å². The molecule has 0 saturated carbocycles. The molecule has 0 aliphatic carbocycles. The molecule has 2 unspecified atom stereocenters. The number of hydrogen-bond acceptors (Lipinski definition) is 4. The molecule has 1 aromatic rings. The number of halogens is 1. The monoisotopic (exact) mass is 326 g/mol. The van der Waals surface area contributed by atoms with Crippen molar-refractivity contribution in [1.82, 2.24) is 10.2 Å². The number of hydrogen-bond donors (Lipinski definition) is 1. The lowest BCUT2D eigenvalue weighted by atomic mass is 9.98. The van der Waals surface area contributed by atoms with Gasteiger partial charge >= 0.3 is 0 Å². The molecule has 2 atom stereocenters. The summed E-state index contributed by atoms with van der Waals surface area (Å²) in [5, 5.41) is 3.21. The van der Waals surface area contributed by atoms with Gasteiger partial charge in [-0.05, 0) is 24.1 Å². The zero-order valence-corrected chi connectivity index (χ0v) is 13.6. The normalized spacial score (nSPS) is 24.7. The zero-order valence-electron chi connectivity index (χ0n) is 12.8. The molecule has 2 aliphatic rings. The van der Waals surface area contributed by atoms with Gasteiger partial charge in [0.25, 0.3) is 5.91 Å². The van der Waals surface area contributed by atoms with E-state index in [0.29, 0.717) is 19.1 Å². The van der Waals surface area contributed by atoms with E-state index in [1.807, 2.05) is 17.0 Å². The molecule has 1 N–H and O–H groups in total. The smallest absolute Gasteiger partial charge is 0.253 e. The molecule has 0 aromatic heterocycles. The second-order valence-corrected chi connectivity index (χ2v) is 5.61. The van der Waals surface area contributed by atoms with Gasteiger partial charge in [0.15, 0.2) is 0 Å². The summed E-state index contributed by atoms with van der Waals surface area (Å²) in [5.74, 6) is 1.40. The highest BCUT2D eigenvalue weighted by atomic mass is 35.5. The van der Waals surface area contributed by atoms with E-state index in [2.05, 4.69) is 17.4 Å². The Kier molecular flexibility index (Phi) is 6.06. The lowest BCUT2D eigenvalue weighted by Crippen LogP contribution is -2.48. The predicted molar refractivity (Wildman–Crippen MR) is 86.8 cm³/mol. The van der Waals surface area contributed by atoms with Crippen molar-refractivity contribution in [3.05, 3.63) is 29.8 Å². The van der Waals surface area contributed by atoms with Crippen LogP contribution >= 0.6 is 12.4 Å². The minimum atomic E-state index is -0.312. The van der Waals surface area contributed by atoms with Crippen molar-refractivity contribution in [2.45, 2.75) is 18.4 Å². The van der Waals surface area contributed by atoms with Gasteiger partial charge in [0.2, 0.25) is 0 Å². The van der Waals surface area contributed by atoms with Crippen molar-refractivity contribution in [2.24, 2.45) is 0 Å². The van der Waals surface area contributed by atoms with Gasteiger partial charge in [-0.2, -0.15) is 0 Å². The second kappa shape index (κ2) is 7.81. The quantitative estimate of drug-likeness (QED) is 0.913. The fourth-order valence-corrected chi connectivity index (χ4v) is 3.04. The van der Waals surface area contributed by atoms with Gasteiger partial charge < -0.3 is 19.7 Å². The molecule has 2 heterocycles. The molecule has 5 nitrogen and oxygen atoms in total. The van der Waals surface area contributed by atoms with E-state index in [1.54, 1.807) is 7.11 Å². The maximum absolute atomic E-state index is 12.4. The number of nitrogens with zero attached hydrogens (tertiary/aromatic N) is 1. The Bertz CT molecular complexity index is 489. The van der Waals surface area contributed by atoms with E-state index in [-0.39, 0.29) is 24.4 Å². The first-order chi connectivity index (χ1) is 10.3. The van der Waals surface area contributed by atoms with Crippen molar-refractivity contribution in [1.29, 1.82) is 0 Å². The van der Waals surface area contributed by atoms with Crippen LogP contribution in [0.5, 0.6) is 5.75 Å². The van der Waals surface area contributed by atoms with E-state index in [4.69, 9.17) is 9.47 Å². The summed E-state index contributed by atoms with van der Waals surface area (Å²) in [6.45, 7) is 3.67. The van der Waals surface area contributed by atoms with Crippen molar-refractivity contribution in [2.75, 3.05) is 39.9 Å². The van der Waals surface area contributed by atoms with Crippen LogP contribution in [0, 0.1) is 0 Å². The molecule has 2 fully saturated rings. The molecule has 1 amide bonds. The molecule has 122 valence electrons. The van der Waals surface area contributed by atoms with Crippen LogP contribution in [0.3, 0.4) is 0 Å². The lowest BCUT2D eigenvalue weighted by Gasteiger charge is -2.27. The number of amides is 1. The first-order valence-electron chi connectivity index (χ1n) is 7.53. The second-order valence-electron chi connectivity index (χ2n) is 5.61. The number of carbonyl (C=O) groups is 1. The summed E-state index contributed by atoms with van der Waals surface area (Å²) in [6.07, 6.45) is 0.700. The number of benzene rings is 1.